The van der Waals surface area contributed by atoms with Crippen molar-refractivity contribution in [2.45, 2.75) is 31.7 Å². The molecule has 8 heteroatoms. The average molecular weight is 401 g/mol. The quantitative estimate of drug-likeness (QED) is 0.747. The van der Waals surface area contributed by atoms with Crippen LogP contribution in [0.15, 0.2) is 16.6 Å². The number of fused-ring (bicyclic) bond motifs is 1. The third kappa shape index (κ3) is 3.26. The molecule has 0 spiro atoms. The first-order chi connectivity index (χ1) is 11.6. The maximum absolute atomic E-state index is 13.2. The number of ether oxygens (including phenoxy) is 1. The smallest absolute Gasteiger partial charge is 0.145 e. The molecule has 2 atom stereocenters. The molecular formula is C16H19BrF2N4O. The summed E-state index contributed by atoms with van der Waals surface area (Å²) < 4.78 is 34.8. The lowest BCUT2D eigenvalue weighted by atomic mass is 10.3. The molecule has 24 heavy (non-hydrogen) atoms. The van der Waals surface area contributed by atoms with E-state index in [1.165, 1.54) is 12.8 Å². The van der Waals surface area contributed by atoms with Gasteiger partial charge in [-0.15, -0.1) is 5.10 Å². The lowest BCUT2D eigenvalue weighted by Gasteiger charge is -2.15. The standard InChI is InChI=1S/C16H19BrF2N4O/c17-15-14(24-6-5-22-8-11(18)12(19)9-22)4-3-13-16(15)20-21-23(13)7-10-1-2-10/h3-4,10-12H,1-2,5-9H2/t11-,12-/m1/s1. The topological polar surface area (TPSA) is 43.2 Å². The number of hydrogen-bond acceptors (Lipinski definition) is 4. The first-order valence-corrected chi connectivity index (χ1v) is 9.06. The van der Waals surface area contributed by atoms with E-state index < -0.39 is 12.3 Å². The molecule has 130 valence electrons. The Bertz CT molecular complexity index is 726. The second-order valence-corrected chi connectivity index (χ2v) is 7.39. The molecule has 2 fully saturated rings. The highest BCUT2D eigenvalue weighted by molar-refractivity contribution is 9.10. The minimum absolute atomic E-state index is 0.139. The predicted octanol–water partition coefficient (Wildman–Crippen LogP) is 2.97. The zero-order chi connectivity index (χ0) is 16.7. The number of aromatic nitrogens is 3. The van der Waals surface area contributed by atoms with Crippen molar-refractivity contribution in [2.24, 2.45) is 5.92 Å². The Morgan fingerprint density at radius 1 is 1.21 bits per heavy atom. The molecule has 0 N–H and O–H groups in total. The predicted molar refractivity (Wildman–Crippen MR) is 89.7 cm³/mol. The SMILES string of the molecule is F[C@@H]1CN(CCOc2ccc3c(nnn3CC3CC3)c2Br)C[C@H]1F. The molecule has 0 bridgehead atoms. The summed E-state index contributed by atoms with van der Waals surface area (Å²) in [7, 11) is 0. The molecule has 4 rings (SSSR count). The molecule has 0 amide bonds. The van der Waals surface area contributed by atoms with E-state index in [1.54, 1.807) is 4.90 Å². The third-order valence-corrected chi connectivity index (χ3v) is 5.41. The summed E-state index contributed by atoms with van der Waals surface area (Å²) in [4.78, 5) is 1.74. The number of alkyl halides is 2. The van der Waals surface area contributed by atoms with Crippen molar-refractivity contribution < 1.29 is 13.5 Å². The first kappa shape index (κ1) is 16.2. The fourth-order valence-electron chi connectivity index (χ4n) is 3.04. The van der Waals surface area contributed by atoms with E-state index in [1.807, 2.05) is 16.8 Å². The summed E-state index contributed by atoms with van der Waals surface area (Å²) in [5.74, 6) is 1.40. The van der Waals surface area contributed by atoms with Crippen LogP contribution in [0, 0.1) is 5.92 Å². The van der Waals surface area contributed by atoms with E-state index in [4.69, 9.17) is 4.74 Å². The number of nitrogens with zero attached hydrogens (tertiary/aromatic N) is 4. The summed E-state index contributed by atoms with van der Waals surface area (Å²) in [5.41, 5.74) is 1.77. The van der Waals surface area contributed by atoms with Crippen LogP contribution in [0.2, 0.25) is 0 Å². The lowest BCUT2D eigenvalue weighted by molar-refractivity contribution is 0.217. The van der Waals surface area contributed by atoms with Crippen molar-refractivity contribution in [1.82, 2.24) is 19.9 Å². The van der Waals surface area contributed by atoms with Crippen LogP contribution in [-0.2, 0) is 6.54 Å². The van der Waals surface area contributed by atoms with Gasteiger partial charge in [0.15, 0.2) is 0 Å². The molecule has 2 aromatic rings. The summed E-state index contributed by atoms with van der Waals surface area (Å²) in [6.07, 6.45) is -0.233. The molecule has 0 unspecified atom stereocenters. The van der Waals surface area contributed by atoms with Crippen LogP contribution in [-0.4, -0.2) is 58.5 Å². The minimum atomic E-state index is -1.38. The minimum Gasteiger partial charge on any atom is -0.491 e. The second kappa shape index (κ2) is 6.55. The van der Waals surface area contributed by atoms with Gasteiger partial charge in [0.2, 0.25) is 0 Å². The highest BCUT2D eigenvalue weighted by Gasteiger charge is 2.32. The van der Waals surface area contributed by atoms with Crippen molar-refractivity contribution >= 4 is 27.0 Å². The molecule has 2 aliphatic rings. The Labute approximate surface area is 147 Å². The molecule has 1 aromatic carbocycles. The Morgan fingerprint density at radius 2 is 1.96 bits per heavy atom. The van der Waals surface area contributed by atoms with Gasteiger partial charge in [0.1, 0.15) is 30.2 Å². The largest absolute Gasteiger partial charge is 0.491 e. The van der Waals surface area contributed by atoms with Gasteiger partial charge in [0, 0.05) is 26.2 Å². The van der Waals surface area contributed by atoms with Crippen LogP contribution < -0.4 is 4.74 Å². The molecule has 5 nitrogen and oxygen atoms in total. The Balaban J connectivity index is 1.40. The van der Waals surface area contributed by atoms with E-state index in [2.05, 4.69) is 26.2 Å². The van der Waals surface area contributed by atoms with E-state index in [0.29, 0.717) is 18.9 Å². The zero-order valence-electron chi connectivity index (χ0n) is 13.2. The molecule has 1 aliphatic heterocycles. The summed E-state index contributed by atoms with van der Waals surface area (Å²) in [6, 6.07) is 3.85. The van der Waals surface area contributed by atoms with Crippen molar-refractivity contribution in [3.8, 4) is 5.75 Å². The third-order valence-electron chi connectivity index (χ3n) is 4.64. The molecular weight excluding hydrogens is 382 g/mol. The fraction of sp³-hybridized carbons (Fsp3) is 0.625. The zero-order valence-corrected chi connectivity index (χ0v) is 14.8. The highest BCUT2D eigenvalue weighted by atomic mass is 79.9. The maximum atomic E-state index is 13.2. The van der Waals surface area contributed by atoms with Gasteiger partial charge < -0.3 is 4.74 Å². The van der Waals surface area contributed by atoms with Crippen LogP contribution >= 0.6 is 15.9 Å². The van der Waals surface area contributed by atoms with Gasteiger partial charge in [-0.25, -0.2) is 13.5 Å². The first-order valence-electron chi connectivity index (χ1n) is 8.27. The Kier molecular flexibility index (Phi) is 4.42. The average Bonchev–Trinajstić information content (AvgIpc) is 3.19. The second-order valence-electron chi connectivity index (χ2n) is 6.60. The van der Waals surface area contributed by atoms with Crippen molar-refractivity contribution in [2.75, 3.05) is 26.2 Å². The van der Waals surface area contributed by atoms with Crippen LogP contribution in [0.1, 0.15) is 12.8 Å². The molecule has 1 saturated heterocycles. The van der Waals surface area contributed by atoms with Crippen LogP contribution in [0.5, 0.6) is 5.75 Å². The fourth-order valence-corrected chi connectivity index (χ4v) is 3.57. The molecule has 0 radical (unpaired) electrons. The number of hydrogen-bond donors (Lipinski definition) is 0. The van der Waals surface area contributed by atoms with Gasteiger partial charge in [-0.3, -0.25) is 4.90 Å². The van der Waals surface area contributed by atoms with Crippen molar-refractivity contribution in [1.29, 1.82) is 0 Å². The number of likely N-dealkylation sites (tertiary alicyclic amines) is 1. The van der Waals surface area contributed by atoms with Gasteiger partial charge in [-0.05, 0) is 46.8 Å². The molecule has 1 aromatic heterocycles. The van der Waals surface area contributed by atoms with E-state index in [0.717, 1.165) is 28.0 Å². The molecule has 2 heterocycles. The van der Waals surface area contributed by atoms with Gasteiger partial charge in [-0.2, -0.15) is 0 Å². The number of benzene rings is 1. The highest BCUT2D eigenvalue weighted by Crippen LogP contribution is 2.34. The summed E-state index contributed by atoms with van der Waals surface area (Å²) >= 11 is 3.54. The number of halogens is 3. The summed E-state index contributed by atoms with van der Waals surface area (Å²) in [5, 5.41) is 8.47. The van der Waals surface area contributed by atoms with Gasteiger partial charge in [-0.1, -0.05) is 5.21 Å². The van der Waals surface area contributed by atoms with E-state index in [9.17, 15) is 8.78 Å². The molecule has 1 saturated carbocycles. The van der Waals surface area contributed by atoms with Crippen LogP contribution in [0.3, 0.4) is 0 Å². The van der Waals surface area contributed by atoms with Gasteiger partial charge in [0.05, 0.1) is 9.99 Å². The van der Waals surface area contributed by atoms with Crippen molar-refractivity contribution in [3.63, 3.8) is 0 Å². The van der Waals surface area contributed by atoms with Crippen LogP contribution in [0.4, 0.5) is 8.78 Å². The lowest BCUT2D eigenvalue weighted by Crippen LogP contribution is -2.26. The Hall–Kier alpha value is -1.28. The maximum Gasteiger partial charge on any atom is 0.145 e. The monoisotopic (exact) mass is 400 g/mol. The van der Waals surface area contributed by atoms with Gasteiger partial charge in [0.25, 0.3) is 0 Å². The normalized spacial score (nSPS) is 24.8. The van der Waals surface area contributed by atoms with Crippen LogP contribution in [0.25, 0.3) is 11.0 Å². The van der Waals surface area contributed by atoms with Gasteiger partial charge >= 0.3 is 0 Å². The Morgan fingerprint density at radius 3 is 2.67 bits per heavy atom. The molecule has 1 aliphatic carbocycles. The van der Waals surface area contributed by atoms with E-state index >= 15 is 0 Å². The van der Waals surface area contributed by atoms with E-state index in [-0.39, 0.29) is 13.1 Å². The summed E-state index contributed by atoms with van der Waals surface area (Å²) in [6.45, 7) is 2.06. The van der Waals surface area contributed by atoms with Crippen molar-refractivity contribution in [3.05, 3.63) is 16.6 Å². The number of rotatable bonds is 6.